The summed E-state index contributed by atoms with van der Waals surface area (Å²) in [5.41, 5.74) is -0.354. The fourth-order valence-electron chi connectivity index (χ4n) is 9.59. The zero-order valence-electron chi connectivity index (χ0n) is 41.9. The molecule has 0 aliphatic carbocycles. The molecule has 3 aliphatic rings. The zero-order valence-corrected chi connectivity index (χ0v) is 42.7. The van der Waals surface area contributed by atoms with Crippen LogP contribution in [-0.4, -0.2) is 158 Å². The average molecular weight is 1030 g/mol. The molecule has 0 spiro atoms. The van der Waals surface area contributed by atoms with E-state index >= 15 is 8.78 Å². The van der Waals surface area contributed by atoms with Gasteiger partial charge in [-0.15, -0.1) is 0 Å². The van der Waals surface area contributed by atoms with Crippen molar-refractivity contribution in [1.82, 2.24) is 34.0 Å². The van der Waals surface area contributed by atoms with Gasteiger partial charge >= 0.3 is 18.7 Å². The van der Waals surface area contributed by atoms with Gasteiger partial charge in [0.05, 0.1) is 61.0 Å². The monoisotopic (exact) mass is 1030 g/mol. The van der Waals surface area contributed by atoms with Crippen LogP contribution in [0.1, 0.15) is 81.1 Å². The maximum absolute atomic E-state index is 15.7. The highest BCUT2D eigenvalue weighted by Gasteiger charge is 2.45. The van der Waals surface area contributed by atoms with Crippen molar-refractivity contribution in [2.45, 2.75) is 85.7 Å². The second-order valence-electron chi connectivity index (χ2n) is 20.8. The fourth-order valence-corrected chi connectivity index (χ4v) is 9.86. The molecule has 0 radical (unpaired) electrons. The maximum Gasteiger partial charge on any atom is 0.410 e. The van der Waals surface area contributed by atoms with Crippen LogP contribution in [0.5, 0.6) is 0 Å². The van der Waals surface area contributed by atoms with E-state index in [1.165, 1.54) is 59.0 Å². The van der Waals surface area contributed by atoms with Gasteiger partial charge in [0, 0.05) is 99.6 Å². The zero-order chi connectivity index (χ0) is 52.4. The predicted octanol–water partition coefficient (Wildman–Crippen LogP) is 7.40. The van der Waals surface area contributed by atoms with E-state index in [4.69, 9.17) is 21.1 Å². The number of anilines is 1. The Kier molecular flexibility index (Phi) is 16.1. The van der Waals surface area contributed by atoms with Gasteiger partial charge in [0.2, 0.25) is 5.91 Å². The van der Waals surface area contributed by atoms with E-state index in [0.717, 1.165) is 0 Å². The van der Waals surface area contributed by atoms with Crippen LogP contribution in [0.3, 0.4) is 0 Å². The Morgan fingerprint density at radius 1 is 0.861 bits per heavy atom. The highest BCUT2D eigenvalue weighted by molar-refractivity contribution is 6.34. The first kappa shape index (κ1) is 53.7. The topological polar surface area (TPSA) is 170 Å². The van der Waals surface area contributed by atoms with Crippen LogP contribution in [0.25, 0.3) is 22.4 Å². The molecule has 72 heavy (non-hydrogen) atoms. The number of benzene rings is 2. The number of ether oxygens (including phenoxy) is 3. The lowest BCUT2D eigenvalue weighted by atomic mass is 9.90. The molecule has 3 aliphatic heterocycles. The van der Waals surface area contributed by atoms with Gasteiger partial charge in [-0.2, -0.15) is 13.9 Å². The van der Waals surface area contributed by atoms with Crippen LogP contribution in [0.4, 0.5) is 28.0 Å². The normalized spacial score (nSPS) is 18.8. The molecular weight excluding hydrogens is 966 g/mol. The summed E-state index contributed by atoms with van der Waals surface area (Å²) in [6.07, 6.45) is 3.46. The molecule has 17 nitrogen and oxygen atoms in total. The Hall–Kier alpha value is -6.06. The number of imidazole rings is 1. The Balaban J connectivity index is 0.916. The van der Waals surface area contributed by atoms with Crippen molar-refractivity contribution in [3.63, 3.8) is 0 Å². The number of rotatable bonds is 14. The number of aromatic nitrogens is 4. The minimum Gasteiger partial charge on any atom is -0.456 e. The van der Waals surface area contributed by atoms with Crippen molar-refractivity contribution in [2.75, 3.05) is 77.4 Å². The number of esters is 1. The number of carbonyl (C=O) groups is 5. The number of quaternary nitrogens is 1. The SMILES string of the molecule is Cc1nn(CCOC(F)F)cc1-c1ccc(-c2cnc(C(=O)Nc3ccc(C(=O)N4CCN(C(=O)C5CC[N+](CC(=O)OC(C)(C)C)(CC6CN(C(=O)OC(C)(C)C)C6)CC5)CC4)c(Cl)c3)n2C)c(F)c1F. The number of hydrogen-bond donors (Lipinski definition) is 1. The first-order valence-electron chi connectivity index (χ1n) is 24.0. The van der Waals surface area contributed by atoms with Crippen molar-refractivity contribution in [1.29, 1.82) is 0 Å². The smallest absolute Gasteiger partial charge is 0.410 e. The molecule has 2 aromatic heterocycles. The number of hydrogen-bond acceptors (Lipinski definition) is 10. The minimum atomic E-state index is -2.95. The van der Waals surface area contributed by atoms with Gasteiger partial charge in [-0.05, 0) is 72.7 Å². The van der Waals surface area contributed by atoms with E-state index in [1.54, 1.807) is 21.6 Å². The van der Waals surface area contributed by atoms with Crippen molar-refractivity contribution in [3.8, 4) is 22.4 Å². The van der Waals surface area contributed by atoms with Crippen LogP contribution < -0.4 is 5.32 Å². The van der Waals surface area contributed by atoms with E-state index in [-0.39, 0.29) is 113 Å². The van der Waals surface area contributed by atoms with Gasteiger partial charge in [0.25, 0.3) is 11.8 Å². The number of nitrogens with zero attached hydrogens (tertiary/aromatic N) is 8. The van der Waals surface area contributed by atoms with Crippen molar-refractivity contribution in [2.24, 2.45) is 18.9 Å². The van der Waals surface area contributed by atoms with E-state index < -0.39 is 35.4 Å². The van der Waals surface area contributed by atoms with Crippen molar-refractivity contribution < 1.29 is 60.2 Å². The van der Waals surface area contributed by atoms with E-state index in [9.17, 15) is 32.8 Å². The largest absolute Gasteiger partial charge is 0.456 e. The second-order valence-corrected chi connectivity index (χ2v) is 21.3. The third-order valence-electron chi connectivity index (χ3n) is 13.1. The lowest BCUT2D eigenvalue weighted by Gasteiger charge is -2.49. The third-order valence-corrected chi connectivity index (χ3v) is 13.4. The molecule has 22 heteroatoms. The van der Waals surface area contributed by atoms with Gasteiger partial charge in [-0.1, -0.05) is 17.7 Å². The van der Waals surface area contributed by atoms with Crippen LogP contribution >= 0.6 is 11.6 Å². The molecule has 390 valence electrons. The molecule has 0 atom stereocenters. The number of carbonyl (C=O) groups excluding carboxylic acids is 5. The number of piperazine rings is 1. The summed E-state index contributed by atoms with van der Waals surface area (Å²) in [6.45, 7) is 13.6. The van der Waals surface area contributed by atoms with E-state index in [2.05, 4.69) is 20.1 Å². The summed E-state index contributed by atoms with van der Waals surface area (Å²) in [5.74, 6) is -3.88. The number of alkyl halides is 2. The molecule has 0 bridgehead atoms. The number of halogens is 5. The number of aryl methyl sites for hydroxylation is 1. The maximum atomic E-state index is 15.7. The molecular formula is C50H63ClF4N9O8+. The molecule has 0 unspecified atom stereocenters. The molecule has 5 heterocycles. The van der Waals surface area contributed by atoms with E-state index in [0.29, 0.717) is 68.8 Å². The summed E-state index contributed by atoms with van der Waals surface area (Å²) >= 11 is 6.62. The van der Waals surface area contributed by atoms with Crippen LogP contribution in [0.15, 0.2) is 42.7 Å². The molecule has 3 saturated heterocycles. The summed E-state index contributed by atoms with van der Waals surface area (Å²) in [4.78, 5) is 76.1. The van der Waals surface area contributed by atoms with Crippen LogP contribution in [-0.2, 0) is 37.4 Å². The Bertz CT molecular complexity index is 2680. The predicted molar refractivity (Wildman–Crippen MR) is 258 cm³/mol. The minimum absolute atomic E-state index is 0.0147. The van der Waals surface area contributed by atoms with Crippen LogP contribution in [0.2, 0.25) is 5.02 Å². The molecule has 3 fully saturated rings. The average Bonchev–Trinajstić information content (AvgIpc) is 3.85. The highest BCUT2D eigenvalue weighted by Crippen LogP contribution is 2.35. The molecule has 7 rings (SSSR count). The lowest BCUT2D eigenvalue weighted by molar-refractivity contribution is -0.930. The molecule has 0 saturated carbocycles. The van der Waals surface area contributed by atoms with E-state index in [1.807, 2.05) is 41.5 Å². The van der Waals surface area contributed by atoms with Gasteiger partial charge in [-0.25, -0.2) is 23.4 Å². The van der Waals surface area contributed by atoms with Gasteiger partial charge < -0.3 is 43.3 Å². The third kappa shape index (κ3) is 12.8. The summed E-state index contributed by atoms with van der Waals surface area (Å²) < 4.78 is 74.7. The van der Waals surface area contributed by atoms with Crippen molar-refractivity contribution in [3.05, 3.63) is 76.5 Å². The Labute approximate surface area is 420 Å². The molecule has 4 amide bonds. The first-order chi connectivity index (χ1) is 33.8. The quantitative estimate of drug-likeness (QED) is 0.0763. The van der Waals surface area contributed by atoms with Crippen molar-refractivity contribution >= 4 is 47.1 Å². The molecule has 4 aromatic rings. The fraction of sp³-hybridized carbons (Fsp3) is 0.540. The number of piperidine rings is 1. The van der Waals surface area contributed by atoms with Gasteiger partial charge in [0.15, 0.2) is 24.0 Å². The number of likely N-dealkylation sites (tertiary alicyclic amines) is 2. The second kappa shape index (κ2) is 21.6. The summed E-state index contributed by atoms with van der Waals surface area (Å²) in [6, 6.07) is 7.13. The Morgan fingerprint density at radius 3 is 2.11 bits per heavy atom. The Morgan fingerprint density at radius 2 is 1.49 bits per heavy atom. The lowest BCUT2D eigenvalue weighted by Crippen LogP contribution is -2.64. The van der Waals surface area contributed by atoms with Gasteiger partial charge in [-0.3, -0.25) is 19.1 Å². The standard InChI is InChI=1S/C50H62ClF4N9O8/c1-30-37(27-63(58-30)19-22-70-47(54)55)34-11-12-36(42(53)41(34)52)39-24-56-43(59(39)8)44(66)57-33-9-10-35(38(51)23-33)46(68)61-17-15-60(16-18-61)45(67)32-13-20-64(21-14-32,29-40(65)71-49(2,3)4)28-31-25-62(26-31)48(69)72-50(5,6)7/h9-12,23-24,27,31-32,47H,13-22,25-26,28-29H2,1-8H3/p+1. The highest BCUT2D eigenvalue weighted by atomic mass is 35.5. The van der Waals surface area contributed by atoms with Gasteiger partial charge in [0.1, 0.15) is 11.2 Å². The summed E-state index contributed by atoms with van der Waals surface area (Å²) in [5, 5.41) is 6.95. The number of amides is 4. The summed E-state index contributed by atoms with van der Waals surface area (Å²) in [7, 11) is 1.47. The number of nitrogens with one attached hydrogen (secondary N) is 1. The van der Waals surface area contributed by atoms with Crippen LogP contribution in [0, 0.1) is 30.4 Å². The molecule has 2 aromatic carbocycles. The first-order valence-corrected chi connectivity index (χ1v) is 24.4. The molecule has 1 N–H and O–H groups in total.